The zero-order chi connectivity index (χ0) is 14.7. The molecule has 2 heterocycles. The molecular formula is C18H18O3. The first-order chi connectivity index (χ1) is 10.2. The molecule has 1 aliphatic rings. The van der Waals surface area contributed by atoms with Crippen LogP contribution in [0, 0.1) is 13.8 Å². The van der Waals surface area contributed by atoms with Gasteiger partial charge in [-0.15, -0.1) is 0 Å². The topological polar surface area (TPSA) is 31.6 Å². The standard InChI is InChI=1S/C9H10O2.C9H8O/c1-7-2-3-8-9(6-7)11-5-4-10-8;1-7-2-3-8-4-5-10-9(8)6-7/h2-3,6H,4-5H2,1H3;2-6H,1H3. The highest BCUT2D eigenvalue weighted by Crippen LogP contribution is 2.30. The molecule has 21 heavy (non-hydrogen) atoms. The van der Waals surface area contributed by atoms with Crippen LogP contribution in [0.3, 0.4) is 0 Å². The summed E-state index contributed by atoms with van der Waals surface area (Å²) < 4.78 is 15.9. The van der Waals surface area contributed by atoms with Crippen LogP contribution in [0.5, 0.6) is 11.5 Å². The molecule has 3 nitrogen and oxygen atoms in total. The van der Waals surface area contributed by atoms with Crippen molar-refractivity contribution in [3.63, 3.8) is 0 Å². The highest BCUT2D eigenvalue weighted by Gasteiger charge is 2.09. The maximum Gasteiger partial charge on any atom is 0.161 e. The van der Waals surface area contributed by atoms with Gasteiger partial charge in [-0.2, -0.15) is 0 Å². The molecule has 3 aromatic rings. The summed E-state index contributed by atoms with van der Waals surface area (Å²) >= 11 is 0. The molecule has 1 aliphatic heterocycles. The minimum atomic E-state index is 0.663. The molecule has 0 radical (unpaired) electrons. The van der Waals surface area contributed by atoms with Crippen molar-refractivity contribution >= 4 is 11.0 Å². The Bertz CT molecular complexity index is 743. The van der Waals surface area contributed by atoms with Gasteiger partial charge in [0.1, 0.15) is 18.8 Å². The molecule has 0 fully saturated rings. The third kappa shape index (κ3) is 3.19. The van der Waals surface area contributed by atoms with Gasteiger partial charge in [0, 0.05) is 5.39 Å². The number of aryl methyl sites for hydroxylation is 2. The highest BCUT2D eigenvalue weighted by molar-refractivity contribution is 5.77. The van der Waals surface area contributed by atoms with Gasteiger partial charge in [-0.05, 0) is 49.2 Å². The van der Waals surface area contributed by atoms with Crippen LogP contribution in [0.25, 0.3) is 11.0 Å². The van der Waals surface area contributed by atoms with Crippen LogP contribution in [0.1, 0.15) is 11.1 Å². The zero-order valence-electron chi connectivity index (χ0n) is 12.3. The fraction of sp³-hybridized carbons (Fsp3) is 0.222. The number of rotatable bonds is 0. The molecular weight excluding hydrogens is 264 g/mol. The summed E-state index contributed by atoms with van der Waals surface area (Å²) in [4.78, 5) is 0. The molecule has 0 bridgehead atoms. The van der Waals surface area contributed by atoms with Gasteiger partial charge in [0.25, 0.3) is 0 Å². The Morgan fingerprint density at radius 2 is 1.48 bits per heavy atom. The quantitative estimate of drug-likeness (QED) is 0.608. The first kappa shape index (κ1) is 13.6. The van der Waals surface area contributed by atoms with E-state index in [0.29, 0.717) is 13.2 Å². The molecule has 3 heteroatoms. The van der Waals surface area contributed by atoms with E-state index in [1.807, 2.05) is 37.3 Å². The first-order valence-corrected chi connectivity index (χ1v) is 7.02. The lowest BCUT2D eigenvalue weighted by atomic mass is 10.2. The molecule has 0 aliphatic carbocycles. The van der Waals surface area contributed by atoms with Gasteiger partial charge in [0.15, 0.2) is 11.5 Å². The van der Waals surface area contributed by atoms with E-state index in [2.05, 4.69) is 19.1 Å². The molecule has 0 spiro atoms. The average Bonchev–Trinajstić information content (AvgIpc) is 2.95. The third-order valence-corrected chi connectivity index (χ3v) is 3.31. The van der Waals surface area contributed by atoms with Crippen molar-refractivity contribution in [2.45, 2.75) is 13.8 Å². The van der Waals surface area contributed by atoms with Crippen molar-refractivity contribution in [2.75, 3.05) is 13.2 Å². The minimum absolute atomic E-state index is 0.663. The summed E-state index contributed by atoms with van der Waals surface area (Å²) in [7, 11) is 0. The van der Waals surface area contributed by atoms with E-state index in [1.165, 1.54) is 16.5 Å². The monoisotopic (exact) mass is 282 g/mol. The number of ether oxygens (including phenoxy) is 2. The summed E-state index contributed by atoms with van der Waals surface area (Å²) in [6.45, 7) is 5.42. The van der Waals surface area contributed by atoms with Gasteiger partial charge < -0.3 is 13.9 Å². The van der Waals surface area contributed by atoms with Crippen LogP contribution in [0.15, 0.2) is 53.1 Å². The molecule has 0 saturated heterocycles. The van der Waals surface area contributed by atoms with Gasteiger partial charge >= 0.3 is 0 Å². The van der Waals surface area contributed by atoms with E-state index in [-0.39, 0.29) is 0 Å². The van der Waals surface area contributed by atoms with E-state index >= 15 is 0 Å². The second-order valence-electron chi connectivity index (χ2n) is 5.11. The number of hydrogen-bond donors (Lipinski definition) is 0. The molecule has 1 aromatic heterocycles. The first-order valence-electron chi connectivity index (χ1n) is 7.02. The van der Waals surface area contributed by atoms with E-state index in [1.54, 1.807) is 6.26 Å². The van der Waals surface area contributed by atoms with Crippen molar-refractivity contribution in [3.8, 4) is 11.5 Å². The van der Waals surface area contributed by atoms with Crippen LogP contribution in [-0.4, -0.2) is 13.2 Å². The Labute approximate surface area is 124 Å². The lowest BCUT2D eigenvalue weighted by Crippen LogP contribution is -2.15. The van der Waals surface area contributed by atoms with E-state index in [9.17, 15) is 0 Å². The Morgan fingerprint density at radius 3 is 2.33 bits per heavy atom. The number of fused-ring (bicyclic) bond motifs is 2. The summed E-state index contributed by atoms with van der Waals surface area (Å²) in [5, 5.41) is 1.17. The Balaban J connectivity index is 0.000000126. The van der Waals surface area contributed by atoms with Crippen molar-refractivity contribution in [1.29, 1.82) is 0 Å². The van der Waals surface area contributed by atoms with Gasteiger partial charge in [-0.3, -0.25) is 0 Å². The molecule has 0 saturated carbocycles. The average molecular weight is 282 g/mol. The van der Waals surface area contributed by atoms with Crippen LogP contribution in [0.2, 0.25) is 0 Å². The highest BCUT2D eigenvalue weighted by atomic mass is 16.6. The lowest BCUT2D eigenvalue weighted by Gasteiger charge is -2.18. The maximum atomic E-state index is 5.38. The fourth-order valence-electron chi connectivity index (χ4n) is 2.21. The van der Waals surface area contributed by atoms with Crippen molar-refractivity contribution in [3.05, 3.63) is 59.9 Å². The van der Waals surface area contributed by atoms with E-state index in [4.69, 9.17) is 13.9 Å². The Kier molecular flexibility index (Phi) is 3.82. The Hall–Kier alpha value is -2.42. The largest absolute Gasteiger partial charge is 0.486 e. The summed E-state index contributed by atoms with van der Waals surface area (Å²) in [5.41, 5.74) is 3.41. The number of furan rings is 1. The Morgan fingerprint density at radius 1 is 0.762 bits per heavy atom. The SMILES string of the molecule is Cc1ccc2c(c1)OCCO2.Cc1ccc2ccoc2c1. The van der Waals surface area contributed by atoms with Crippen LogP contribution in [0.4, 0.5) is 0 Å². The molecule has 0 atom stereocenters. The van der Waals surface area contributed by atoms with Gasteiger partial charge in [-0.1, -0.05) is 18.2 Å². The summed E-state index contributed by atoms with van der Waals surface area (Å²) in [6, 6.07) is 14.1. The van der Waals surface area contributed by atoms with Crippen LogP contribution in [-0.2, 0) is 0 Å². The van der Waals surface area contributed by atoms with Crippen molar-refractivity contribution in [2.24, 2.45) is 0 Å². The fourth-order valence-corrected chi connectivity index (χ4v) is 2.21. The van der Waals surface area contributed by atoms with Gasteiger partial charge in [0.2, 0.25) is 0 Å². The molecule has 2 aromatic carbocycles. The predicted molar refractivity (Wildman–Crippen MR) is 83.1 cm³/mol. The summed E-state index contributed by atoms with van der Waals surface area (Å²) in [6.07, 6.45) is 1.71. The van der Waals surface area contributed by atoms with Crippen molar-refractivity contribution in [1.82, 2.24) is 0 Å². The smallest absolute Gasteiger partial charge is 0.161 e. The van der Waals surface area contributed by atoms with Crippen LogP contribution >= 0.6 is 0 Å². The van der Waals surface area contributed by atoms with Crippen LogP contribution < -0.4 is 9.47 Å². The molecule has 0 N–H and O–H groups in total. The lowest BCUT2D eigenvalue weighted by molar-refractivity contribution is 0.171. The normalized spacial score (nSPS) is 12.7. The number of hydrogen-bond acceptors (Lipinski definition) is 3. The molecule has 0 unspecified atom stereocenters. The molecule has 4 rings (SSSR count). The van der Waals surface area contributed by atoms with Gasteiger partial charge in [0.05, 0.1) is 6.26 Å². The summed E-state index contributed by atoms with van der Waals surface area (Å²) in [5.74, 6) is 1.73. The second-order valence-corrected chi connectivity index (χ2v) is 5.11. The minimum Gasteiger partial charge on any atom is -0.486 e. The van der Waals surface area contributed by atoms with E-state index in [0.717, 1.165) is 17.1 Å². The zero-order valence-corrected chi connectivity index (χ0v) is 12.3. The third-order valence-electron chi connectivity index (χ3n) is 3.31. The maximum absolute atomic E-state index is 5.38. The second kappa shape index (κ2) is 5.92. The van der Waals surface area contributed by atoms with Gasteiger partial charge in [-0.25, -0.2) is 0 Å². The van der Waals surface area contributed by atoms with Crippen molar-refractivity contribution < 1.29 is 13.9 Å². The molecule has 0 amide bonds. The molecule has 108 valence electrons. The number of benzene rings is 2. The predicted octanol–water partition coefficient (Wildman–Crippen LogP) is 4.51. The van der Waals surface area contributed by atoms with E-state index < -0.39 is 0 Å².